The Labute approximate surface area is 148 Å². The molecule has 0 aliphatic carbocycles. The average Bonchev–Trinajstić information content (AvgIpc) is 3.03. The summed E-state index contributed by atoms with van der Waals surface area (Å²) in [6, 6.07) is 11.0. The maximum Gasteiger partial charge on any atom is 0.231 e. The van der Waals surface area contributed by atoms with E-state index in [1.807, 2.05) is 24.3 Å². The van der Waals surface area contributed by atoms with Gasteiger partial charge >= 0.3 is 0 Å². The van der Waals surface area contributed by atoms with Crippen molar-refractivity contribution in [3.05, 3.63) is 70.1 Å². The third-order valence-corrected chi connectivity index (χ3v) is 4.57. The second-order valence-electron chi connectivity index (χ2n) is 5.53. The number of hydrogen-bond donors (Lipinski definition) is 1. The summed E-state index contributed by atoms with van der Waals surface area (Å²) in [7, 11) is 0. The minimum Gasteiger partial charge on any atom is -0.326 e. The first-order chi connectivity index (χ1) is 12.0. The molecule has 0 atom stereocenters. The second-order valence-corrected chi connectivity index (χ2v) is 6.47. The normalized spacial score (nSPS) is 10.7. The van der Waals surface area contributed by atoms with Gasteiger partial charge in [-0.3, -0.25) is 4.79 Å². The van der Waals surface area contributed by atoms with Crippen molar-refractivity contribution in [2.24, 2.45) is 0 Å². The molecule has 0 fully saturated rings. The molecule has 1 heterocycles. The number of hydrogen-bond acceptors (Lipinski definition) is 3. The number of aromatic nitrogens is 1. The van der Waals surface area contributed by atoms with Crippen molar-refractivity contribution in [1.29, 1.82) is 0 Å². The fourth-order valence-electron chi connectivity index (χ4n) is 2.38. The van der Waals surface area contributed by atoms with Crippen LogP contribution in [0.1, 0.15) is 17.5 Å². The number of amides is 1. The van der Waals surface area contributed by atoms with Crippen molar-refractivity contribution in [3.8, 4) is 11.3 Å². The van der Waals surface area contributed by atoms with Crippen LogP contribution >= 0.6 is 11.3 Å². The van der Waals surface area contributed by atoms with E-state index < -0.39 is 11.6 Å². The van der Waals surface area contributed by atoms with E-state index in [0.29, 0.717) is 10.7 Å². The molecular formula is C19H16F2N2OS. The van der Waals surface area contributed by atoms with Gasteiger partial charge in [0.05, 0.1) is 12.1 Å². The SMILES string of the molecule is CCc1ccc(NC(=O)Cc2nc(-c3ccc(F)cc3F)cs2)cc1. The Bertz CT molecular complexity index is 891. The maximum absolute atomic E-state index is 13.8. The van der Waals surface area contributed by atoms with E-state index >= 15 is 0 Å². The van der Waals surface area contributed by atoms with Crippen molar-refractivity contribution in [2.45, 2.75) is 19.8 Å². The molecule has 0 unspecified atom stereocenters. The van der Waals surface area contributed by atoms with E-state index in [0.717, 1.165) is 18.2 Å². The molecule has 0 aliphatic heterocycles. The van der Waals surface area contributed by atoms with Crippen LogP contribution in [-0.4, -0.2) is 10.9 Å². The van der Waals surface area contributed by atoms with Gasteiger partial charge in [-0.1, -0.05) is 19.1 Å². The van der Waals surface area contributed by atoms with Crippen LogP contribution in [0, 0.1) is 11.6 Å². The highest BCUT2D eigenvalue weighted by Crippen LogP contribution is 2.25. The van der Waals surface area contributed by atoms with Gasteiger partial charge in [0.25, 0.3) is 0 Å². The number of benzene rings is 2. The summed E-state index contributed by atoms with van der Waals surface area (Å²) >= 11 is 1.27. The molecule has 3 nitrogen and oxygen atoms in total. The van der Waals surface area contributed by atoms with E-state index in [1.165, 1.54) is 29.0 Å². The van der Waals surface area contributed by atoms with Gasteiger partial charge in [0.1, 0.15) is 16.6 Å². The summed E-state index contributed by atoms with van der Waals surface area (Å²) < 4.78 is 26.8. The first-order valence-corrected chi connectivity index (χ1v) is 8.71. The minimum atomic E-state index is -0.669. The molecule has 128 valence electrons. The zero-order chi connectivity index (χ0) is 17.8. The smallest absolute Gasteiger partial charge is 0.231 e. The zero-order valence-electron chi connectivity index (χ0n) is 13.6. The molecule has 1 aromatic heterocycles. The van der Waals surface area contributed by atoms with Crippen LogP contribution in [-0.2, 0) is 17.6 Å². The molecule has 3 aromatic rings. The molecule has 3 rings (SSSR count). The number of carbonyl (C=O) groups is 1. The minimum absolute atomic E-state index is 0.100. The fourth-order valence-corrected chi connectivity index (χ4v) is 3.17. The Balaban J connectivity index is 1.67. The number of carbonyl (C=O) groups excluding carboxylic acids is 1. The third kappa shape index (κ3) is 4.28. The lowest BCUT2D eigenvalue weighted by Gasteiger charge is -2.05. The summed E-state index contributed by atoms with van der Waals surface area (Å²) in [5.74, 6) is -1.49. The highest BCUT2D eigenvalue weighted by atomic mass is 32.1. The van der Waals surface area contributed by atoms with Crippen LogP contribution < -0.4 is 5.32 Å². The van der Waals surface area contributed by atoms with E-state index in [1.54, 1.807) is 5.38 Å². The number of aryl methyl sites for hydroxylation is 1. The number of nitrogens with one attached hydrogen (secondary N) is 1. The molecular weight excluding hydrogens is 342 g/mol. The van der Waals surface area contributed by atoms with Gasteiger partial charge in [0, 0.05) is 22.7 Å². The molecule has 0 radical (unpaired) electrons. The zero-order valence-corrected chi connectivity index (χ0v) is 14.4. The summed E-state index contributed by atoms with van der Waals surface area (Å²) in [4.78, 5) is 16.4. The molecule has 0 spiro atoms. The lowest BCUT2D eigenvalue weighted by molar-refractivity contribution is -0.115. The van der Waals surface area contributed by atoms with Gasteiger partial charge in [-0.15, -0.1) is 11.3 Å². The van der Waals surface area contributed by atoms with Crippen LogP contribution in [0.25, 0.3) is 11.3 Å². The second kappa shape index (κ2) is 7.53. The number of anilines is 1. The molecule has 1 amide bonds. The topological polar surface area (TPSA) is 42.0 Å². The Hall–Kier alpha value is -2.60. The molecule has 0 saturated heterocycles. The fraction of sp³-hybridized carbons (Fsp3) is 0.158. The highest BCUT2D eigenvalue weighted by molar-refractivity contribution is 7.10. The quantitative estimate of drug-likeness (QED) is 0.710. The lowest BCUT2D eigenvalue weighted by Crippen LogP contribution is -2.14. The number of rotatable bonds is 5. The van der Waals surface area contributed by atoms with Crippen molar-refractivity contribution < 1.29 is 13.6 Å². The summed E-state index contributed by atoms with van der Waals surface area (Å²) in [6.45, 7) is 2.07. The monoisotopic (exact) mass is 358 g/mol. The van der Waals surface area contributed by atoms with Crippen LogP contribution in [0.4, 0.5) is 14.5 Å². The summed E-state index contributed by atoms with van der Waals surface area (Å²) in [6.07, 6.45) is 1.04. The van der Waals surface area contributed by atoms with E-state index in [2.05, 4.69) is 17.2 Å². The standard InChI is InChI=1S/C19H16F2N2OS/c1-2-12-3-6-14(7-4-12)22-18(24)10-19-23-17(11-25-19)15-8-5-13(20)9-16(15)21/h3-9,11H,2,10H2,1H3,(H,22,24). The van der Waals surface area contributed by atoms with Gasteiger partial charge in [-0.05, 0) is 36.2 Å². The van der Waals surface area contributed by atoms with Crippen molar-refractivity contribution >= 4 is 22.9 Å². The van der Waals surface area contributed by atoms with Gasteiger partial charge in [0.2, 0.25) is 5.91 Å². The predicted octanol–water partition coefficient (Wildman–Crippen LogP) is 4.83. The largest absolute Gasteiger partial charge is 0.326 e. The Morgan fingerprint density at radius 3 is 2.60 bits per heavy atom. The molecule has 2 aromatic carbocycles. The van der Waals surface area contributed by atoms with Crippen molar-refractivity contribution in [2.75, 3.05) is 5.32 Å². The Morgan fingerprint density at radius 2 is 1.92 bits per heavy atom. The van der Waals surface area contributed by atoms with Crippen LogP contribution in [0.5, 0.6) is 0 Å². The third-order valence-electron chi connectivity index (χ3n) is 3.72. The number of halogens is 2. The van der Waals surface area contributed by atoms with Gasteiger partial charge < -0.3 is 5.32 Å². The van der Waals surface area contributed by atoms with Gasteiger partial charge in [-0.2, -0.15) is 0 Å². The molecule has 6 heteroatoms. The van der Waals surface area contributed by atoms with Crippen molar-refractivity contribution in [1.82, 2.24) is 4.98 Å². The Kier molecular flexibility index (Phi) is 5.19. The van der Waals surface area contributed by atoms with Crippen LogP contribution in [0.2, 0.25) is 0 Å². The van der Waals surface area contributed by atoms with Gasteiger partial charge in [0.15, 0.2) is 0 Å². The molecule has 0 bridgehead atoms. The first kappa shape index (κ1) is 17.2. The molecule has 0 saturated carbocycles. The molecule has 25 heavy (non-hydrogen) atoms. The molecule has 0 aliphatic rings. The number of nitrogens with zero attached hydrogens (tertiary/aromatic N) is 1. The first-order valence-electron chi connectivity index (χ1n) is 7.83. The van der Waals surface area contributed by atoms with E-state index in [9.17, 15) is 13.6 Å². The highest BCUT2D eigenvalue weighted by Gasteiger charge is 2.12. The number of thiazole rings is 1. The van der Waals surface area contributed by atoms with Crippen molar-refractivity contribution in [3.63, 3.8) is 0 Å². The Morgan fingerprint density at radius 1 is 1.16 bits per heavy atom. The maximum atomic E-state index is 13.8. The predicted molar refractivity (Wildman–Crippen MR) is 95.6 cm³/mol. The van der Waals surface area contributed by atoms with E-state index in [4.69, 9.17) is 0 Å². The molecule has 1 N–H and O–H groups in total. The van der Waals surface area contributed by atoms with Crippen LogP contribution in [0.3, 0.4) is 0 Å². The van der Waals surface area contributed by atoms with Gasteiger partial charge in [-0.25, -0.2) is 13.8 Å². The average molecular weight is 358 g/mol. The van der Waals surface area contributed by atoms with E-state index in [-0.39, 0.29) is 17.9 Å². The van der Waals surface area contributed by atoms with Crippen LogP contribution in [0.15, 0.2) is 47.8 Å². The lowest BCUT2D eigenvalue weighted by atomic mass is 10.1. The summed E-state index contributed by atoms with van der Waals surface area (Å²) in [5, 5.41) is 5.05. The summed E-state index contributed by atoms with van der Waals surface area (Å²) in [5.41, 5.74) is 2.55.